The summed E-state index contributed by atoms with van der Waals surface area (Å²) in [5.41, 5.74) is -1.13. The van der Waals surface area contributed by atoms with Crippen molar-refractivity contribution in [2.75, 3.05) is 0 Å². The first kappa shape index (κ1) is 11.7. The lowest BCUT2D eigenvalue weighted by Crippen LogP contribution is -2.43. The molecule has 5 nitrogen and oxygen atoms in total. The number of carbonyl (C=O) groups excluding carboxylic acids is 2. The van der Waals surface area contributed by atoms with Crippen LogP contribution < -0.4 is 0 Å². The molecule has 1 heterocycles. The predicted molar refractivity (Wildman–Crippen MR) is 65.8 cm³/mol. The molecule has 1 aromatic carbocycles. The molecule has 0 bridgehead atoms. The molecule has 0 unspecified atom stereocenters. The molecule has 3 rings (SSSR count). The number of hydrogen-bond acceptors (Lipinski definition) is 5. The Morgan fingerprint density at radius 3 is 2.16 bits per heavy atom. The highest BCUT2D eigenvalue weighted by atomic mass is 16.3. The van der Waals surface area contributed by atoms with E-state index >= 15 is 0 Å². The third-order valence-electron chi connectivity index (χ3n) is 3.23. The lowest BCUT2D eigenvalue weighted by Gasteiger charge is -2.17. The van der Waals surface area contributed by atoms with Crippen LogP contribution in [0.25, 0.3) is 0 Å². The number of carbonyl (C=O) groups is 2. The Morgan fingerprint density at radius 2 is 1.63 bits per heavy atom. The molecular formula is C14H10N2O3. The number of rotatable bonds is 2. The summed E-state index contributed by atoms with van der Waals surface area (Å²) in [6.45, 7) is 0. The Morgan fingerprint density at radius 1 is 1.00 bits per heavy atom. The van der Waals surface area contributed by atoms with E-state index in [0.717, 1.165) is 0 Å². The molecule has 1 N–H and O–H groups in total. The molecule has 1 aliphatic carbocycles. The third kappa shape index (κ3) is 1.67. The topological polar surface area (TPSA) is 80.2 Å². The Kier molecular flexibility index (Phi) is 2.50. The number of Topliss-reactive ketones (excluding diaryl/α,β-unsaturated/α-hetero) is 2. The summed E-state index contributed by atoms with van der Waals surface area (Å²) in [5.74, 6) is -1.14. The van der Waals surface area contributed by atoms with Crippen molar-refractivity contribution in [2.45, 2.75) is 12.0 Å². The summed E-state index contributed by atoms with van der Waals surface area (Å²) in [6, 6.07) is 9.68. The second-order valence-corrected chi connectivity index (χ2v) is 4.46. The van der Waals surface area contributed by atoms with Crippen molar-refractivity contribution in [3.8, 4) is 0 Å². The van der Waals surface area contributed by atoms with Crippen LogP contribution in [0.4, 0.5) is 0 Å². The standard InChI is InChI=1S/C14H10N2O3/c17-12-10-5-1-2-6-11(10)13(18)14(12,19)8-9-4-3-7-15-16-9/h1-7,19H,8H2. The van der Waals surface area contributed by atoms with Gasteiger partial charge in [-0.2, -0.15) is 10.2 Å². The van der Waals surface area contributed by atoms with Gasteiger partial charge in [-0.1, -0.05) is 24.3 Å². The van der Waals surface area contributed by atoms with Crippen LogP contribution in [0, 0.1) is 0 Å². The first-order chi connectivity index (χ1) is 9.13. The summed E-state index contributed by atoms with van der Waals surface area (Å²) in [6.07, 6.45) is 1.33. The number of hydrogen-bond donors (Lipinski definition) is 1. The normalized spacial score (nSPS) is 16.5. The van der Waals surface area contributed by atoms with E-state index in [9.17, 15) is 14.7 Å². The fourth-order valence-electron chi connectivity index (χ4n) is 2.28. The average Bonchev–Trinajstić information content (AvgIpc) is 2.63. The molecule has 0 aliphatic heterocycles. The Balaban J connectivity index is 2.03. The Bertz CT molecular complexity index is 632. The first-order valence-electron chi connectivity index (χ1n) is 5.80. The number of nitrogens with zero attached hydrogens (tertiary/aromatic N) is 2. The van der Waals surface area contributed by atoms with Crippen molar-refractivity contribution in [2.24, 2.45) is 0 Å². The quantitative estimate of drug-likeness (QED) is 0.803. The van der Waals surface area contributed by atoms with Gasteiger partial charge in [0, 0.05) is 23.7 Å². The molecule has 2 aromatic rings. The first-order valence-corrected chi connectivity index (χ1v) is 5.80. The molecule has 0 atom stereocenters. The van der Waals surface area contributed by atoms with Crippen LogP contribution in [0.2, 0.25) is 0 Å². The van der Waals surface area contributed by atoms with E-state index in [1.54, 1.807) is 36.4 Å². The van der Waals surface area contributed by atoms with Gasteiger partial charge in [0.1, 0.15) is 0 Å². The van der Waals surface area contributed by atoms with E-state index in [4.69, 9.17) is 0 Å². The van der Waals surface area contributed by atoms with Crippen molar-refractivity contribution in [3.63, 3.8) is 0 Å². The van der Waals surface area contributed by atoms with E-state index < -0.39 is 17.2 Å². The molecule has 5 heteroatoms. The van der Waals surface area contributed by atoms with Gasteiger partial charge in [-0.15, -0.1) is 0 Å². The van der Waals surface area contributed by atoms with E-state index in [1.165, 1.54) is 6.20 Å². The molecule has 0 saturated carbocycles. The zero-order chi connectivity index (χ0) is 13.5. The van der Waals surface area contributed by atoms with Crippen molar-refractivity contribution in [3.05, 3.63) is 59.4 Å². The van der Waals surface area contributed by atoms with E-state index in [0.29, 0.717) is 5.69 Å². The van der Waals surface area contributed by atoms with Gasteiger partial charge in [0.25, 0.3) is 0 Å². The number of ketones is 2. The van der Waals surface area contributed by atoms with Crippen molar-refractivity contribution in [1.82, 2.24) is 10.2 Å². The maximum atomic E-state index is 12.2. The summed E-state index contributed by atoms with van der Waals surface area (Å²) < 4.78 is 0. The van der Waals surface area contributed by atoms with Crippen LogP contribution in [-0.2, 0) is 6.42 Å². The fourth-order valence-corrected chi connectivity index (χ4v) is 2.28. The van der Waals surface area contributed by atoms with Crippen LogP contribution in [0.3, 0.4) is 0 Å². The van der Waals surface area contributed by atoms with Gasteiger partial charge in [-0.05, 0) is 12.1 Å². The molecule has 0 fully saturated rings. The molecule has 1 aliphatic rings. The maximum absolute atomic E-state index is 12.2. The zero-order valence-corrected chi connectivity index (χ0v) is 9.91. The largest absolute Gasteiger partial charge is 0.374 e. The highest BCUT2D eigenvalue weighted by molar-refractivity contribution is 6.32. The number of fused-ring (bicyclic) bond motifs is 1. The molecule has 0 radical (unpaired) electrons. The monoisotopic (exact) mass is 254 g/mol. The number of benzene rings is 1. The minimum Gasteiger partial charge on any atom is -0.374 e. The van der Waals surface area contributed by atoms with Gasteiger partial charge in [-0.25, -0.2) is 0 Å². The predicted octanol–water partition coefficient (Wildman–Crippen LogP) is 0.829. The van der Waals surface area contributed by atoms with Crippen LogP contribution in [0.15, 0.2) is 42.6 Å². The summed E-state index contributed by atoms with van der Waals surface area (Å²) >= 11 is 0. The van der Waals surface area contributed by atoms with Gasteiger partial charge in [-0.3, -0.25) is 9.59 Å². The van der Waals surface area contributed by atoms with E-state index in [-0.39, 0.29) is 17.5 Å². The van der Waals surface area contributed by atoms with Crippen molar-refractivity contribution < 1.29 is 14.7 Å². The van der Waals surface area contributed by atoms with Gasteiger partial charge in [0.05, 0.1) is 5.69 Å². The molecule has 1 aromatic heterocycles. The van der Waals surface area contributed by atoms with Crippen LogP contribution in [0.5, 0.6) is 0 Å². The second kappa shape index (κ2) is 4.07. The third-order valence-corrected chi connectivity index (χ3v) is 3.23. The Labute approximate surface area is 108 Å². The lowest BCUT2D eigenvalue weighted by molar-refractivity contribution is 0.0330. The second-order valence-electron chi connectivity index (χ2n) is 4.46. The number of aromatic nitrogens is 2. The van der Waals surface area contributed by atoms with E-state index in [1.807, 2.05) is 0 Å². The molecule has 0 amide bonds. The minimum atomic E-state index is -2.06. The fraction of sp³-hybridized carbons (Fsp3) is 0.143. The number of aliphatic hydroxyl groups is 1. The lowest BCUT2D eigenvalue weighted by atomic mass is 9.92. The Hall–Kier alpha value is -2.40. The smallest absolute Gasteiger partial charge is 0.203 e. The van der Waals surface area contributed by atoms with Crippen LogP contribution in [-0.4, -0.2) is 32.5 Å². The highest BCUT2D eigenvalue weighted by Crippen LogP contribution is 2.32. The minimum absolute atomic E-state index is 0.160. The van der Waals surface area contributed by atoms with Gasteiger partial charge in [0.15, 0.2) is 5.60 Å². The summed E-state index contributed by atoms with van der Waals surface area (Å²) in [7, 11) is 0. The zero-order valence-electron chi connectivity index (χ0n) is 9.91. The SMILES string of the molecule is O=C1c2ccccc2C(=O)C1(O)Cc1cccnn1. The highest BCUT2D eigenvalue weighted by Gasteiger charge is 2.51. The van der Waals surface area contributed by atoms with Gasteiger partial charge < -0.3 is 5.11 Å². The molecule has 94 valence electrons. The van der Waals surface area contributed by atoms with E-state index in [2.05, 4.69) is 10.2 Å². The molecular weight excluding hydrogens is 244 g/mol. The summed E-state index contributed by atoms with van der Waals surface area (Å²) in [4.78, 5) is 24.4. The van der Waals surface area contributed by atoms with Crippen molar-refractivity contribution >= 4 is 11.6 Å². The molecule has 0 spiro atoms. The van der Waals surface area contributed by atoms with Crippen molar-refractivity contribution in [1.29, 1.82) is 0 Å². The molecule has 19 heavy (non-hydrogen) atoms. The average molecular weight is 254 g/mol. The van der Waals surface area contributed by atoms with Gasteiger partial charge in [0.2, 0.25) is 11.6 Å². The maximum Gasteiger partial charge on any atom is 0.203 e. The molecule has 0 saturated heterocycles. The van der Waals surface area contributed by atoms with Crippen LogP contribution >= 0.6 is 0 Å². The van der Waals surface area contributed by atoms with Gasteiger partial charge >= 0.3 is 0 Å². The summed E-state index contributed by atoms with van der Waals surface area (Å²) in [5, 5.41) is 17.9. The van der Waals surface area contributed by atoms with Crippen LogP contribution in [0.1, 0.15) is 26.4 Å².